The molecule has 2 aliphatic rings. The fraction of sp³-hybridized carbons (Fsp3) is 0.240. The van der Waals surface area contributed by atoms with Crippen LogP contribution in [0.1, 0.15) is 41.3 Å². The highest BCUT2D eigenvalue weighted by atomic mass is 32.2. The van der Waals surface area contributed by atoms with E-state index >= 15 is 0 Å². The molecule has 0 fully saturated rings. The largest absolute Gasteiger partial charge is 0.357 e. The number of carbonyl (C=O) groups is 1. The molecule has 0 unspecified atom stereocenters. The van der Waals surface area contributed by atoms with E-state index in [0.717, 1.165) is 22.6 Å². The van der Waals surface area contributed by atoms with Gasteiger partial charge in [-0.3, -0.25) is 9.10 Å². The molecule has 2 aromatic carbocycles. The Kier molecular flexibility index (Phi) is 5.18. The van der Waals surface area contributed by atoms with E-state index in [9.17, 15) is 13.2 Å². The average Bonchev–Trinajstić information content (AvgIpc) is 3.24. The lowest BCUT2D eigenvalue weighted by Gasteiger charge is -2.34. The monoisotopic (exact) mass is 464 g/mol. The summed E-state index contributed by atoms with van der Waals surface area (Å²) < 4.78 is 30.1. The van der Waals surface area contributed by atoms with Gasteiger partial charge in [-0.15, -0.1) is 11.3 Å². The molecule has 1 atom stereocenters. The Labute approximate surface area is 192 Å². The molecule has 164 valence electrons. The first-order chi connectivity index (χ1) is 15.4. The maximum Gasteiger partial charge on any atom is 0.265 e. The number of fused-ring (bicyclic) bond motifs is 1. The Morgan fingerprint density at radius 1 is 1.03 bits per heavy atom. The Morgan fingerprint density at radius 2 is 1.84 bits per heavy atom. The van der Waals surface area contributed by atoms with E-state index in [1.807, 2.05) is 67.8 Å². The Morgan fingerprint density at radius 3 is 2.62 bits per heavy atom. The summed E-state index contributed by atoms with van der Waals surface area (Å²) in [6, 6.07) is 16.0. The van der Waals surface area contributed by atoms with E-state index < -0.39 is 16.1 Å². The van der Waals surface area contributed by atoms with E-state index in [4.69, 9.17) is 0 Å². The van der Waals surface area contributed by atoms with Gasteiger partial charge in [0.05, 0.1) is 16.3 Å². The zero-order valence-electron chi connectivity index (χ0n) is 18.0. The van der Waals surface area contributed by atoms with Crippen molar-refractivity contribution >= 4 is 38.5 Å². The minimum Gasteiger partial charge on any atom is -0.357 e. The van der Waals surface area contributed by atoms with Crippen molar-refractivity contribution in [3.8, 4) is 0 Å². The molecule has 0 saturated heterocycles. The molecular formula is C25H24N2O3S2. The van der Waals surface area contributed by atoms with Crippen LogP contribution in [0.4, 0.5) is 11.4 Å². The summed E-state index contributed by atoms with van der Waals surface area (Å²) in [5.41, 5.74) is 4.18. The zero-order chi connectivity index (χ0) is 22.5. The fourth-order valence-electron chi connectivity index (χ4n) is 4.57. The molecule has 0 radical (unpaired) electrons. The number of hydrogen-bond donors (Lipinski definition) is 1. The van der Waals surface area contributed by atoms with Crippen LogP contribution in [0, 0.1) is 13.8 Å². The first-order valence-corrected chi connectivity index (χ1v) is 13.0. The number of benzene rings is 2. The lowest BCUT2D eigenvalue weighted by atomic mass is 9.89. The van der Waals surface area contributed by atoms with Crippen molar-refractivity contribution in [1.29, 1.82) is 0 Å². The molecule has 5 rings (SSSR count). The molecule has 2 heterocycles. The molecule has 32 heavy (non-hydrogen) atoms. The van der Waals surface area contributed by atoms with Crippen LogP contribution < -0.4 is 9.62 Å². The molecule has 1 N–H and O–H groups in total. The second-order valence-corrected chi connectivity index (χ2v) is 11.1. The molecule has 0 saturated carbocycles. The van der Waals surface area contributed by atoms with Crippen molar-refractivity contribution in [3.63, 3.8) is 0 Å². The quantitative estimate of drug-likeness (QED) is 0.537. The number of allylic oxidation sites excluding steroid dienone is 1. The number of carbonyl (C=O) groups excluding carboxylic acids is 1. The van der Waals surface area contributed by atoms with Gasteiger partial charge >= 0.3 is 0 Å². The first-order valence-electron chi connectivity index (χ1n) is 10.7. The van der Waals surface area contributed by atoms with E-state index in [-0.39, 0.29) is 10.7 Å². The summed E-state index contributed by atoms with van der Waals surface area (Å²) in [5, 5.41) is 5.35. The van der Waals surface area contributed by atoms with Gasteiger partial charge in [-0.25, -0.2) is 8.42 Å². The third-order valence-corrected chi connectivity index (χ3v) is 8.93. The number of anilines is 2. The third kappa shape index (κ3) is 3.36. The maximum absolute atomic E-state index is 14.3. The molecule has 1 aliphatic heterocycles. The van der Waals surface area contributed by atoms with Gasteiger partial charge in [0.15, 0.2) is 5.78 Å². The van der Waals surface area contributed by atoms with Gasteiger partial charge in [-0.2, -0.15) is 0 Å². The van der Waals surface area contributed by atoms with E-state index in [2.05, 4.69) is 5.32 Å². The van der Waals surface area contributed by atoms with E-state index in [1.54, 1.807) is 6.07 Å². The summed E-state index contributed by atoms with van der Waals surface area (Å²) in [6.45, 7) is 3.70. The SMILES string of the molecule is Cc1ccc(C)c(S(=O)(=O)N2c3ccccc3NC3=C(C(=O)CCC3)[C@H]2c2cccs2)c1. The number of thiophene rings is 1. The number of rotatable bonds is 3. The van der Waals surface area contributed by atoms with Gasteiger partial charge in [-0.05, 0) is 67.5 Å². The molecule has 3 aromatic rings. The molecule has 1 aromatic heterocycles. The summed E-state index contributed by atoms with van der Waals surface area (Å²) in [6.07, 6.45) is 1.90. The molecule has 0 amide bonds. The van der Waals surface area contributed by atoms with Crippen LogP contribution >= 0.6 is 11.3 Å². The zero-order valence-corrected chi connectivity index (χ0v) is 19.6. The Hall–Kier alpha value is -2.90. The second kappa shape index (κ2) is 7.90. The molecular weight excluding hydrogens is 440 g/mol. The maximum atomic E-state index is 14.3. The van der Waals surface area contributed by atoms with Gasteiger partial charge in [-0.1, -0.05) is 30.3 Å². The van der Waals surface area contributed by atoms with Crippen molar-refractivity contribution in [1.82, 2.24) is 0 Å². The molecule has 7 heteroatoms. The van der Waals surface area contributed by atoms with Crippen LogP contribution in [0.2, 0.25) is 0 Å². The van der Waals surface area contributed by atoms with Crippen molar-refractivity contribution in [2.24, 2.45) is 0 Å². The van der Waals surface area contributed by atoms with E-state index in [1.165, 1.54) is 15.6 Å². The van der Waals surface area contributed by atoms with Crippen LogP contribution in [0.3, 0.4) is 0 Å². The van der Waals surface area contributed by atoms with Crippen molar-refractivity contribution in [2.45, 2.75) is 44.0 Å². The van der Waals surface area contributed by atoms with Gasteiger partial charge in [0.1, 0.15) is 6.04 Å². The predicted octanol–water partition coefficient (Wildman–Crippen LogP) is 5.73. The third-order valence-electron chi connectivity index (χ3n) is 6.08. The van der Waals surface area contributed by atoms with E-state index in [0.29, 0.717) is 35.4 Å². The Bertz CT molecular complexity index is 1340. The highest BCUT2D eigenvalue weighted by Crippen LogP contribution is 2.48. The van der Waals surface area contributed by atoms with Gasteiger partial charge in [0.2, 0.25) is 0 Å². The minimum absolute atomic E-state index is 0.00567. The fourth-order valence-corrected chi connectivity index (χ4v) is 7.39. The number of aryl methyl sites for hydroxylation is 2. The number of ketones is 1. The van der Waals surface area contributed by atoms with Gasteiger partial charge in [0, 0.05) is 22.6 Å². The first kappa shape index (κ1) is 21.0. The van der Waals surface area contributed by atoms with Crippen LogP contribution in [-0.2, 0) is 14.8 Å². The van der Waals surface area contributed by atoms with Gasteiger partial charge in [0.25, 0.3) is 10.0 Å². The predicted molar refractivity (Wildman–Crippen MR) is 129 cm³/mol. The molecule has 5 nitrogen and oxygen atoms in total. The van der Waals surface area contributed by atoms with Crippen molar-refractivity contribution in [2.75, 3.05) is 9.62 Å². The van der Waals surface area contributed by atoms with Crippen molar-refractivity contribution < 1.29 is 13.2 Å². The lowest BCUT2D eigenvalue weighted by Crippen LogP contribution is -2.38. The number of nitrogens with zero attached hydrogens (tertiary/aromatic N) is 1. The van der Waals surface area contributed by atoms with Crippen LogP contribution in [0.15, 0.2) is 76.1 Å². The van der Waals surface area contributed by atoms with Crippen LogP contribution in [0.5, 0.6) is 0 Å². The average molecular weight is 465 g/mol. The van der Waals surface area contributed by atoms with Crippen LogP contribution in [-0.4, -0.2) is 14.2 Å². The van der Waals surface area contributed by atoms with Gasteiger partial charge < -0.3 is 5.32 Å². The van der Waals surface area contributed by atoms with Crippen LogP contribution in [0.25, 0.3) is 0 Å². The summed E-state index contributed by atoms with van der Waals surface area (Å²) >= 11 is 1.47. The number of para-hydroxylation sites is 2. The molecule has 0 spiro atoms. The second-order valence-electron chi connectivity index (χ2n) is 8.30. The summed E-state index contributed by atoms with van der Waals surface area (Å²) in [7, 11) is -3.99. The number of nitrogens with one attached hydrogen (secondary N) is 1. The highest BCUT2D eigenvalue weighted by molar-refractivity contribution is 7.93. The number of sulfonamides is 1. The van der Waals surface area contributed by atoms with Crippen molar-refractivity contribution in [3.05, 3.63) is 87.3 Å². The normalized spacial score (nSPS) is 18.6. The standard InChI is InChI=1S/C25H24N2O3S2/c1-16-12-13-17(2)23(15-16)32(29,30)27-20-9-4-3-7-18(20)26-19-8-5-10-21(28)24(19)25(27)22-11-6-14-31-22/h3-4,6-7,9,11-15,25-26H,5,8,10H2,1-2H3/t25-/m1/s1. The highest BCUT2D eigenvalue weighted by Gasteiger charge is 2.43. The number of hydrogen-bond acceptors (Lipinski definition) is 5. The smallest absolute Gasteiger partial charge is 0.265 e. The minimum atomic E-state index is -3.99. The molecule has 1 aliphatic carbocycles. The summed E-state index contributed by atoms with van der Waals surface area (Å²) in [5.74, 6) is 0.00567. The number of Topliss-reactive ketones (excluding diaryl/α,β-unsaturated/α-hetero) is 1. The molecule has 0 bridgehead atoms. The topological polar surface area (TPSA) is 66.5 Å². The Balaban J connectivity index is 1.85. The summed E-state index contributed by atoms with van der Waals surface area (Å²) in [4.78, 5) is 14.4. The lowest BCUT2D eigenvalue weighted by molar-refractivity contribution is -0.116.